The fourth-order valence-electron chi connectivity index (χ4n) is 2.92. The summed E-state index contributed by atoms with van der Waals surface area (Å²) >= 11 is 0. The summed E-state index contributed by atoms with van der Waals surface area (Å²) in [5, 5.41) is 12.0. The molecule has 2 rings (SSSR count). The molecule has 2 fully saturated rings. The summed E-state index contributed by atoms with van der Waals surface area (Å²) in [7, 11) is 0. The molecule has 4 atom stereocenters. The van der Waals surface area contributed by atoms with E-state index in [-0.39, 0.29) is 5.91 Å². The van der Waals surface area contributed by atoms with Crippen molar-refractivity contribution in [3.63, 3.8) is 0 Å². The molecule has 0 aliphatic heterocycles. The fourth-order valence-corrected chi connectivity index (χ4v) is 2.92. The number of hydrogen-bond donors (Lipinski definition) is 2. The van der Waals surface area contributed by atoms with Gasteiger partial charge in [-0.25, -0.2) is 0 Å². The fraction of sp³-hybridized carbons (Fsp3) is 0.900. The highest BCUT2D eigenvalue weighted by molar-refractivity contribution is 5.73. The third kappa shape index (κ3) is 1.57. The Morgan fingerprint density at radius 1 is 1.46 bits per heavy atom. The Bertz CT molecular complexity index is 217. The molecule has 0 aromatic carbocycles. The second-order valence-corrected chi connectivity index (χ2v) is 4.49. The van der Waals surface area contributed by atoms with Crippen LogP contribution in [0.5, 0.6) is 0 Å². The molecule has 3 nitrogen and oxygen atoms in total. The first-order valence-corrected chi connectivity index (χ1v) is 5.08. The van der Waals surface area contributed by atoms with Gasteiger partial charge in [-0.1, -0.05) is 0 Å². The van der Waals surface area contributed by atoms with Crippen LogP contribution in [0.25, 0.3) is 0 Å². The van der Waals surface area contributed by atoms with Crippen LogP contribution in [0.4, 0.5) is 0 Å². The number of rotatable bonds is 2. The molecule has 3 heteroatoms. The highest BCUT2D eigenvalue weighted by Gasteiger charge is 2.47. The van der Waals surface area contributed by atoms with E-state index in [1.807, 2.05) is 0 Å². The first kappa shape index (κ1) is 9.00. The number of fused-ring (bicyclic) bond motifs is 1. The van der Waals surface area contributed by atoms with Gasteiger partial charge in [-0.05, 0) is 37.0 Å². The van der Waals surface area contributed by atoms with E-state index in [1.54, 1.807) is 6.92 Å². The minimum Gasteiger partial charge on any atom is -0.396 e. The van der Waals surface area contributed by atoms with Gasteiger partial charge < -0.3 is 10.4 Å². The quantitative estimate of drug-likeness (QED) is 0.656. The first-order chi connectivity index (χ1) is 6.20. The number of carbonyl (C=O) groups excluding carboxylic acids is 1. The Morgan fingerprint density at radius 3 is 2.85 bits per heavy atom. The van der Waals surface area contributed by atoms with E-state index >= 15 is 0 Å². The third-order valence-electron chi connectivity index (χ3n) is 3.57. The van der Waals surface area contributed by atoms with E-state index in [1.165, 1.54) is 0 Å². The summed E-state index contributed by atoms with van der Waals surface area (Å²) in [5.74, 6) is 2.00. The molecule has 4 unspecified atom stereocenters. The Morgan fingerprint density at radius 2 is 2.23 bits per heavy atom. The van der Waals surface area contributed by atoms with Gasteiger partial charge in [-0.15, -0.1) is 0 Å². The minimum atomic E-state index is 0.0795. The number of carbonyl (C=O) groups is 1. The van der Waals surface area contributed by atoms with Crippen LogP contribution >= 0.6 is 0 Å². The maximum Gasteiger partial charge on any atom is 0.217 e. The Kier molecular flexibility index (Phi) is 2.28. The summed E-state index contributed by atoms with van der Waals surface area (Å²) in [6.45, 7) is 1.89. The van der Waals surface area contributed by atoms with Crippen molar-refractivity contribution in [3.05, 3.63) is 0 Å². The van der Waals surface area contributed by atoms with Crippen molar-refractivity contribution in [2.45, 2.75) is 32.2 Å². The van der Waals surface area contributed by atoms with E-state index in [2.05, 4.69) is 5.32 Å². The monoisotopic (exact) mass is 183 g/mol. The number of hydrogen-bond acceptors (Lipinski definition) is 2. The molecule has 0 spiro atoms. The molecule has 2 aliphatic carbocycles. The summed E-state index contributed by atoms with van der Waals surface area (Å²) in [5.41, 5.74) is 0. The van der Waals surface area contributed by atoms with Crippen molar-refractivity contribution >= 4 is 5.91 Å². The second kappa shape index (κ2) is 3.29. The van der Waals surface area contributed by atoms with Gasteiger partial charge in [0.25, 0.3) is 0 Å². The number of nitrogens with one attached hydrogen (secondary N) is 1. The SMILES string of the molecule is CC(=O)NC1CC2CC(CO)CC21. The lowest BCUT2D eigenvalue weighted by atomic mass is 9.71. The second-order valence-electron chi connectivity index (χ2n) is 4.49. The van der Waals surface area contributed by atoms with Gasteiger partial charge >= 0.3 is 0 Å². The number of amides is 1. The van der Waals surface area contributed by atoms with Gasteiger partial charge in [-0.3, -0.25) is 4.79 Å². The predicted octanol–water partition coefficient (Wildman–Crippen LogP) is 0.529. The van der Waals surface area contributed by atoms with Crippen molar-refractivity contribution in [1.29, 1.82) is 0 Å². The molecule has 0 radical (unpaired) electrons. The molecule has 2 saturated carbocycles. The molecule has 0 saturated heterocycles. The summed E-state index contributed by atoms with van der Waals surface area (Å²) in [6, 6.07) is 0.402. The largest absolute Gasteiger partial charge is 0.396 e. The Balaban J connectivity index is 1.85. The van der Waals surface area contributed by atoms with Crippen LogP contribution in [-0.2, 0) is 4.79 Å². The van der Waals surface area contributed by atoms with Crippen molar-refractivity contribution in [2.24, 2.45) is 17.8 Å². The van der Waals surface area contributed by atoms with E-state index in [0.29, 0.717) is 24.5 Å². The number of aliphatic hydroxyl groups is 1. The van der Waals surface area contributed by atoms with Crippen LogP contribution in [0, 0.1) is 17.8 Å². The zero-order valence-electron chi connectivity index (χ0n) is 7.99. The molecule has 0 aromatic rings. The average Bonchev–Trinajstić information content (AvgIpc) is 2.38. The van der Waals surface area contributed by atoms with Crippen LogP contribution in [0.3, 0.4) is 0 Å². The van der Waals surface area contributed by atoms with Crippen molar-refractivity contribution < 1.29 is 9.90 Å². The normalized spacial score (nSPS) is 42.3. The molecule has 2 N–H and O–H groups in total. The first-order valence-electron chi connectivity index (χ1n) is 5.08. The Hall–Kier alpha value is -0.570. The van der Waals surface area contributed by atoms with E-state index in [4.69, 9.17) is 5.11 Å². The van der Waals surface area contributed by atoms with E-state index in [0.717, 1.165) is 25.2 Å². The maximum absolute atomic E-state index is 10.8. The lowest BCUT2D eigenvalue weighted by Gasteiger charge is -2.40. The van der Waals surface area contributed by atoms with Crippen molar-refractivity contribution in [2.75, 3.05) is 6.61 Å². The lowest BCUT2D eigenvalue weighted by Crippen LogP contribution is -2.49. The molecular weight excluding hydrogens is 166 g/mol. The third-order valence-corrected chi connectivity index (χ3v) is 3.57. The topological polar surface area (TPSA) is 49.3 Å². The molecule has 74 valence electrons. The van der Waals surface area contributed by atoms with Crippen molar-refractivity contribution in [3.8, 4) is 0 Å². The molecule has 2 aliphatic rings. The van der Waals surface area contributed by atoms with E-state index in [9.17, 15) is 4.79 Å². The smallest absolute Gasteiger partial charge is 0.217 e. The summed E-state index contributed by atoms with van der Waals surface area (Å²) in [4.78, 5) is 10.8. The van der Waals surface area contributed by atoms with Gasteiger partial charge in [0.15, 0.2) is 0 Å². The maximum atomic E-state index is 10.8. The molecular formula is C10H17NO2. The van der Waals surface area contributed by atoms with Crippen LogP contribution < -0.4 is 5.32 Å². The highest BCUT2D eigenvalue weighted by Crippen LogP contribution is 2.49. The van der Waals surface area contributed by atoms with E-state index < -0.39 is 0 Å². The van der Waals surface area contributed by atoms with Gasteiger partial charge in [0, 0.05) is 19.6 Å². The molecule has 13 heavy (non-hydrogen) atoms. The molecule has 0 aromatic heterocycles. The zero-order chi connectivity index (χ0) is 9.42. The van der Waals surface area contributed by atoms with Gasteiger partial charge in [0.2, 0.25) is 5.91 Å². The van der Waals surface area contributed by atoms with Crippen LogP contribution in [0.15, 0.2) is 0 Å². The molecule has 1 amide bonds. The lowest BCUT2D eigenvalue weighted by molar-refractivity contribution is -0.121. The summed E-state index contributed by atoms with van der Waals surface area (Å²) in [6.07, 6.45) is 3.39. The zero-order valence-corrected chi connectivity index (χ0v) is 7.99. The van der Waals surface area contributed by atoms with Crippen molar-refractivity contribution in [1.82, 2.24) is 5.32 Å². The summed E-state index contributed by atoms with van der Waals surface area (Å²) < 4.78 is 0. The van der Waals surface area contributed by atoms with Gasteiger partial charge in [0.05, 0.1) is 0 Å². The van der Waals surface area contributed by atoms with Gasteiger partial charge in [0.1, 0.15) is 0 Å². The Labute approximate surface area is 78.5 Å². The minimum absolute atomic E-state index is 0.0795. The van der Waals surface area contributed by atoms with Crippen LogP contribution in [0.2, 0.25) is 0 Å². The number of aliphatic hydroxyl groups excluding tert-OH is 1. The standard InChI is InChI=1S/C10H17NO2/c1-6(13)11-10-4-8-2-7(5-12)3-9(8)10/h7-10,12H,2-5H2,1H3,(H,11,13). The highest BCUT2D eigenvalue weighted by atomic mass is 16.3. The van der Waals surface area contributed by atoms with Crippen LogP contribution in [-0.4, -0.2) is 23.7 Å². The average molecular weight is 183 g/mol. The van der Waals surface area contributed by atoms with Gasteiger partial charge in [-0.2, -0.15) is 0 Å². The van der Waals surface area contributed by atoms with Crippen LogP contribution in [0.1, 0.15) is 26.2 Å². The molecule has 0 bridgehead atoms. The molecule has 0 heterocycles. The predicted molar refractivity (Wildman–Crippen MR) is 49.0 cm³/mol.